The van der Waals surface area contributed by atoms with E-state index in [1.807, 2.05) is 30.5 Å². The number of amides is 1. The summed E-state index contributed by atoms with van der Waals surface area (Å²) in [4.78, 5) is 25.4. The van der Waals surface area contributed by atoms with E-state index in [-0.39, 0.29) is 11.3 Å². The minimum atomic E-state index is -4.62. The van der Waals surface area contributed by atoms with Crippen LogP contribution in [-0.2, 0) is 6.18 Å². The minimum absolute atomic E-state index is 0.124. The molecule has 2 aromatic carbocycles. The van der Waals surface area contributed by atoms with Gasteiger partial charge >= 0.3 is 6.18 Å². The van der Waals surface area contributed by atoms with Gasteiger partial charge in [0.1, 0.15) is 12.1 Å². The lowest BCUT2D eigenvalue weighted by molar-refractivity contribution is -0.137. The predicted molar refractivity (Wildman–Crippen MR) is 143 cm³/mol. The highest BCUT2D eigenvalue weighted by Crippen LogP contribution is 2.32. The fourth-order valence-electron chi connectivity index (χ4n) is 3.90. The number of anilines is 2. The van der Waals surface area contributed by atoms with E-state index in [0.29, 0.717) is 17.2 Å². The molecule has 0 saturated carbocycles. The van der Waals surface area contributed by atoms with Gasteiger partial charge in [0.15, 0.2) is 0 Å². The van der Waals surface area contributed by atoms with E-state index in [1.165, 1.54) is 34.6 Å². The Morgan fingerprint density at radius 2 is 1.84 bits per heavy atom. The van der Waals surface area contributed by atoms with Gasteiger partial charge < -0.3 is 15.6 Å². The van der Waals surface area contributed by atoms with Crippen LogP contribution in [0.4, 0.5) is 24.7 Å². The molecule has 0 atom stereocenters. The Kier molecular flexibility index (Phi) is 6.45. The van der Waals surface area contributed by atoms with E-state index >= 15 is 0 Å². The van der Waals surface area contributed by atoms with Gasteiger partial charge in [-0.05, 0) is 55.3 Å². The number of carbonyl (C=O) groups excluding carboxylic acids is 1. The lowest BCUT2D eigenvalue weighted by Gasteiger charge is -2.13. The van der Waals surface area contributed by atoms with E-state index in [2.05, 4.69) is 20.3 Å². The Balaban J connectivity index is 1.43. The van der Waals surface area contributed by atoms with Gasteiger partial charge in [-0.2, -0.15) is 13.2 Å². The highest BCUT2D eigenvalue weighted by atomic mass is 32.1. The Morgan fingerprint density at radius 3 is 2.58 bits per heavy atom. The van der Waals surface area contributed by atoms with Gasteiger partial charge in [0.2, 0.25) is 0 Å². The molecule has 192 valence electrons. The molecule has 0 aliphatic rings. The number of nitrogen functional groups attached to an aromatic ring is 1. The molecule has 0 radical (unpaired) electrons. The van der Waals surface area contributed by atoms with Gasteiger partial charge in [-0.15, -0.1) is 11.3 Å². The number of aromatic nitrogens is 4. The monoisotopic (exact) mass is 534 g/mol. The van der Waals surface area contributed by atoms with Crippen molar-refractivity contribution in [2.45, 2.75) is 20.0 Å². The van der Waals surface area contributed by atoms with Crippen molar-refractivity contribution < 1.29 is 18.0 Å². The summed E-state index contributed by atoms with van der Waals surface area (Å²) in [6.45, 7) is 3.65. The fraction of sp³-hybridized carbons (Fsp3) is 0.111. The van der Waals surface area contributed by atoms with Gasteiger partial charge in [0, 0.05) is 34.1 Å². The number of carbonyl (C=O) groups is 1. The van der Waals surface area contributed by atoms with Gasteiger partial charge in [0.25, 0.3) is 5.91 Å². The third kappa shape index (κ3) is 5.14. The second-order valence-corrected chi connectivity index (χ2v) is 9.55. The maximum atomic E-state index is 13.6. The van der Waals surface area contributed by atoms with Crippen LogP contribution in [0.1, 0.15) is 38.3 Å². The topological polar surface area (TPSA) is 98.7 Å². The lowest BCUT2D eigenvalue weighted by Crippen LogP contribution is -2.15. The summed E-state index contributed by atoms with van der Waals surface area (Å²) in [6.07, 6.45) is 3.56. The smallest absolute Gasteiger partial charge is 0.382 e. The molecule has 0 spiro atoms. The number of hydrogen-bond acceptors (Lipinski definition) is 6. The van der Waals surface area contributed by atoms with E-state index in [9.17, 15) is 18.0 Å². The molecular weight excluding hydrogens is 513 g/mol. The van der Waals surface area contributed by atoms with Crippen LogP contribution in [-0.4, -0.2) is 25.4 Å². The molecule has 0 saturated heterocycles. The molecule has 7 nitrogen and oxygen atoms in total. The van der Waals surface area contributed by atoms with Crippen LogP contribution in [0.2, 0.25) is 0 Å². The molecule has 0 unspecified atom stereocenters. The number of alkyl halides is 3. The third-order valence-electron chi connectivity index (χ3n) is 5.91. The number of imidazole rings is 1. The number of hydrogen-bond donors (Lipinski definition) is 2. The Labute approximate surface area is 219 Å². The molecule has 5 rings (SSSR count). The summed E-state index contributed by atoms with van der Waals surface area (Å²) in [5.41, 5.74) is 9.53. The maximum absolute atomic E-state index is 13.6. The van der Waals surface area contributed by atoms with Crippen LogP contribution >= 0.6 is 11.3 Å². The summed E-state index contributed by atoms with van der Waals surface area (Å²) < 4.78 is 43.0. The first kappa shape index (κ1) is 25.2. The summed E-state index contributed by atoms with van der Waals surface area (Å²) in [7, 11) is 0. The molecular formula is C27H21F3N6OS. The number of thiophene rings is 1. The number of nitrogens with two attached hydrogens (primary N) is 1. The molecule has 0 bridgehead atoms. The average molecular weight is 535 g/mol. The SMILES string of the molecule is Cc1cn(-c2cc(C(=O)Nc3ccc(C)c(C=Cc4csc5c(N)ncnc45)c3)cc(C(F)(F)F)c2)cn1. The molecule has 38 heavy (non-hydrogen) atoms. The van der Waals surface area contributed by atoms with Gasteiger partial charge in [-0.3, -0.25) is 4.79 Å². The van der Waals surface area contributed by atoms with Crippen LogP contribution < -0.4 is 11.1 Å². The maximum Gasteiger partial charge on any atom is 0.416 e. The summed E-state index contributed by atoms with van der Waals surface area (Å²) >= 11 is 1.45. The molecule has 0 aliphatic carbocycles. The quantitative estimate of drug-likeness (QED) is 0.268. The second kappa shape index (κ2) is 9.75. The summed E-state index contributed by atoms with van der Waals surface area (Å²) in [5.74, 6) is -0.245. The van der Waals surface area contributed by atoms with Crippen molar-refractivity contribution in [2.24, 2.45) is 0 Å². The minimum Gasteiger partial charge on any atom is -0.382 e. The molecule has 3 aromatic heterocycles. The van der Waals surface area contributed by atoms with E-state index in [0.717, 1.165) is 39.0 Å². The first-order valence-electron chi connectivity index (χ1n) is 11.4. The molecule has 0 aliphatic heterocycles. The number of aryl methyl sites for hydroxylation is 2. The number of nitrogens with one attached hydrogen (secondary N) is 1. The van der Waals surface area contributed by atoms with Crippen molar-refractivity contribution in [3.8, 4) is 5.69 Å². The first-order valence-corrected chi connectivity index (χ1v) is 12.3. The van der Waals surface area contributed by atoms with Crippen molar-refractivity contribution in [1.29, 1.82) is 0 Å². The van der Waals surface area contributed by atoms with Crippen molar-refractivity contribution in [1.82, 2.24) is 19.5 Å². The number of benzene rings is 2. The summed E-state index contributed by atoms with van der Waals surface area (Å²) in [6, 6.07) is 8.51. The van der Waals surface area contributed by atoms with Crippen molar-refractivity contribution in [3.05, 3.63) is 94.1 Å². The first-order chi connectivity index (χ1) is 18.1. The van der Waals surface area contributed by atoms with Crippen LogP contribution in [0.15, 0.2) is 60.6 Å². The molecule has 1 amide bonds. The second-order valence-electron chi connectivity index (χ2n) is 8.68. The Morgan fingerprint density at radius 1 is 1.05 bits per heavy atom. The normalized spacial score (nSPS) is 11.9. The van der Waals surface area contributed by atoms with Crippen molar-refractivity contribution in [2.75, 3.05) is 11.1 Å². The average Bonchev–Trinajstić information content (AvgIpc) is 3.50. The lowest BCUT2D eigenvalue weighted by atomic mass is 10.1. The van der Waals surface area contributed by atoms with Gasteiger partial charge in [0.05, 0.1) is 27.8 Å². The molecule has 5 aromatic rings. The van der Waals surface area contributed by atoms with E-state index in [1.54, 1.807) is 25.3 Å². The van der Waals surface area contributed by atoms with E-state index < -0.39 is 17.6 Å². The number of fused-ring (bicyclic) bond motifs is 1. The molecule has 0 fully saturated rings. The zero-order valence-electron chi connectivity index (χ0n) is 20.2. The standard InChI is InChI=1S/C27H21F3N6OS/c1-15-3-6-21(8-17(15)4-5-18-12-38-24-23(18)32-13-33-25(24)31)35-26(37)19-7-20(27(28,29)30)10-22(9-19)36-11-16(2)34-14-36/h3-14H,1-2H3,(H,35,37)(H2,31,32,33). The Bertz CT molecular complexity index is 1700. The zero-order chi connectivity index (χ0) is 27.0. The highest BCUT2D eigenvalue weighted by Gasteiger charge is 2.32. The largest absolute Gasteiger partial charge is 0.416 e. The van der Waals surface area contributed by atoms with Gasteiger partial charge in [-0.25, -0.2) is 15.0 Å². The van der Waals surface area contributed by atoms with Crippen LogP contribution in [0.5, 0.6) is 0 Å². The Hall–Kier alpha value is -4.51. The van der Waals surface area contributed by atoms with Crippen molar-refractivity contribution in [3.63, 3.8) is 0 Å². The van der Waals surface area contributed by atoms with Crippen molar-refractivity contribution >= 4 is 51.1 Å². The van der Waals surface area contributed by atoms with E-state index in [4.69, 9.17) is 5.73 Å². The number of rotatable bonds is 5. The predicted octanol–water partition coefficient (Wildman–Crippen LogP) is 6.52. The zero-order valence-corrected chi connectivity index (χ0v) is 21.1. The number of halogens is 3. The highest BCUT2D eigenvalue weighted by molar-refractivity contribution is 7.18. The van der Waals surface area contributed by atoms with Gasteiger partial charge in [-0.1, -0.05) is 18.2 Å². The molecule has 3 heterocycles. The number of nitrogens with zero attached hydrogens (tertiary/aromatic N) is 4. The third-order valence-corrected chi connectivity index (χ3v) is 6.92. The molecule has 3 N–H and O–H groups in total. The van der Waals surface area contributed by atoms with Crippen LogP contribution in [0, 0.1) is 13.8 Å². The fourth-order valence-corrected chi connectivity index (χ4v) is 4.79. The van der Waals surface area contributed by atoms with Crippen LogP contribution in [0.25, 0.3) is 28.1 Å². The molecule has 11 heteroatoms. The van der Waals surface area contributed by atoms with Crippen LogP contribution in [0.3, 0.4) is 0 Å². The summed E-state index contributed by atoms with van der Waals surface area (Å²) in [5, 5.41) is 4.65.